The van der Waals surface area contributed by atoms with Gasteiger partial charge in [0.05, 0.1) is 6.54 Å². The molecule has 0 atom stereocenters. The van der Waals surface area contributed by atoms with Gasteiger partial charge in [-0.15, -0.1) is 0 Å². The van der Waals surface area contributed by atoms with Crippen LogP contribution in [-0.4, -0.2) is 61.3 Å². The average molecular weight is 461 g/mol. The molecule has 3 aromatic carbocycles. The minimum Gasteiger partial charge on any atom is -0.369 e. The van der Waals surface area contributed by atoms with E-state index in [0.717, 1.165) is 67.9 Å². The molecule has 33 heavy (non-hydrogen) atoms. The molecule has 4 aromatic rings. The molecular formula is C27H29ClN4O. The van der Waals surface area contributed by atoms with E-state index in [1.165, 1.54) is 16.5 Å². The van der Waals surface area contributed by atoms with Crippen molar-refractivity contribution in [3.05, 3.63) is 83.6 Å². The number of aromatic nitrogens is 1. The zero-order valence-corrected chi connectivity index (χ0v) is 19.7. The van der Waals surface area contributed by atoms with E-state index >= 15 is 0 Å². The monoisotopic (exact) mass is 460 g/mol. The van der Waals surface area contributed by atoms with Crippen LogP contribution in [-0.2, 0) is 6.54 Å². The lowest BCUT2D eigenvalue weighted by Crippen LogP contribution is -2.48. The van der Waals surface area contributed by atoms with Gasteiger partial charge >= 0.3 is 0 Å². The summed E-state index contributed by atoms with van der Waals surface area (Å²) >= 11 is 6.15. The Morgan fingerprint density at radius 1 is 0.939 bits per heavy atom. The number of hydrogen-bond donors (Lipinski definition) is 0. The first-order valence-electron chi connectivity index (χ1n) is 11.5. The predicted molar refractivity (Wildman–Crippen MR) is 136 cm³/mol. The van der Waals surface area contributed by atoms with Gasteiger partial charge in [0.2, 0.25) is 0 Å². The topological polar surface area (TPSA) is 35.8 Å². The Morgan fingerprint density at radius 2 is 1.73 bits per heavy atom. The molecule has 0 bridgehead atoms. The third-order valence-electron chi connectivity index (χ3n) is 6.39. The van der Waals surface area contributed by atoms with Gasteiger partial charge in [-0.1, -0.05) is 65.3 Å². The first-order chi connectivity index (χ1) is 16.2. The number of fused-ring (bicyclic) bond motifs is 1. The van der Waals surface area contributed by atoms with Crippen molar-refractivity contribution in [3.8, 4) is 11.3 Å². The molecule has 170 valence electrons. The number of likely N-dealkylation sites (N-methyl/N-ethyl adjacent to an activating group) is 1. The fourth-order valence-corrected chi connectivity index (χ4v) is 4.71. The number of hydrogen-bond acceptors (Lipinski definition) is 5. The Labute approximate surface area is 200 Å². The van der Waals surface area contributed by atoms with Crippen molar-refractivity contribution in [3.63, 3.8) is 0 Å². The maximum atomic E-state index is 6.15. The molecule has 5 rings (SSSR count). The number of nitrogens with zero attached hydrogens (tertiary/aromatic N) is 4. The lowest BCUT2D eigenvalue weighted by atomic mass is 10.0. The lowest BCUT2D eigenvalue weighted by molar-refractivity contribution is 0.202. The van der Waals surface area contributed by atoms with Crippen molar-refractivity contribution >= 4 is 28.1 Å². The molecule has 1 aliphatic heterocycles. The number of anilines is 1. The van der Waals surface area contributed by atoms with Crippen LogP contribution in [0.4, 0.5) is 5.69 Å². The Hall–Kier alpha value is -2.86. The van der Waals surface area contributed by atoms with Crippen LogP contribution in [0.15, 0.2) is 77.3 Å². The van der Waals surface area contributed by atoms with Gasteiger partial charge in [0, 0.05) is 61.6 Å². The Bertz CT molecular complexity index is 1210. The van der Waals surface area contributed by atoms with Crippen LogP contribution in [0, 0.1) is 0 Å². The van der Waals surface area contributed by atoms with Crippen molar-refractivity contribution in [2.24, 2.45) is 0 Å². The van der Waals surface area contributed by atoms with Crippen LogP contribution in [0.2, 0.25) is 5.02 Å². The first-order valence-corrected chi connectivity index (χ1v) is 11.9. The highest BCUT2D eigenvalue weighted by Crippen LogP contribution is 2.28. The average Bonchev–Trinajstić information content (AvgIpc) is 3.31. The van der Waals surface area contributed by atoms with Crippen LogP contribution >= 0.6 is 11.6 Å². The zero-order valence-electron chi connectivity index (χ0n) is 19.0. The molecule has 1 aromatic heterocycles. The van der Waals surface area contributed by atoms with E-state index in [1.807, 2.05) is 12.1 Å². The van der Waals surface area contributed by atoms with E-state index in [9.17, 15) is 0 Å². The fourth-order valence-electron chi connectivity index (χ4n) is 4.52. The molecule has 0 saturated carbocycles. The summed E-state index contributed by atoms with van der Waals surface area (Å²) in [5.41, 5.74) is 3.22. The highest BCUT2D eigenvalue weighted by atomic mass is 35.5. The van der Waals surface area contributed by atoms with E-state index in [2.05, 4.69) is 87.6 Å². The largest absolute Gasteiger partial charge is 0.369 e. The minimum atomic E-state index is 0.750. The first kappa shape index (κ1) is 22.0. The van der Waals surface area contributed by atoms with Gasteiger partial charge in [-0.25, -0.2) is 0 Å². The molecule has 0 spiro atoms. The molecule has 1 fully saturated rings. The summed E-state index contributed by atoms with van der Waals surface area (Å²) in [4.78, 5) is 7.24. The Balaban J connectivity index is 1.13. The Kier molecular flexibility index (Phi) is 6.63. The number of benzene rings is 3. The maximum absolute atomic E-state index is 6.15. The summed E-state index contributed by atoms with van der Waals surface area (Å²) in [6, 6.07) is 24.9. The van der Waals surface area contributed by atoms with Crippen LogP contribution < -0.4 is 4.90 Å². The predicted octanol–water partition coefficient (Wildman–Crippen LogP) is 5.40. The standard InChI is InChI=1S/C27H29ClN4O/c1-30(12-13-31-14-16-32(17-15-31)23-9-5-8-22(28)18-23)20-24-19-27(29-33-24)26-11-4-7-21-6-2-3-10-25(21)26/h2-11,18-19H,12-17,20H2,1H3. The number of halogens is 1. The Morgan fingerprint density at radius 3 is 2.58 bits per heavy atom. The maximum Gasteiger partial charge on any atom is 0.151 e. The van der Waals surface area contributed by atoms with Crippen molar-refractivity contribution in [1.82, 2.24) is 15.0 Å². The van der Waals surface area contributed by atoms with E-state index in [0.29, 0.717) is 0 Å². The van der Waals surface area contributed by atoms with Gasteiger partial charge in [-0.2, -0.15) is 0 Å². The third-order valence-corrected chi connectivity index (χ3v) is 6.63. The third kappa shape index (κ3) is 5.22. The fraction of sp³-hybridized carbons (Fsp3) is 0.296. The van der Waals surface area contributed by atoms with E-state index in [-0.39, 0.29) is 0 Å². The van der Waals surface area contributed by atoms with Crippen molar-refractivity contribution < 1.29 is 4.52 Å². The molecule has 5 nitrogen and oxygen atoms in total. The molecule has 0 aliphatic carbocycles. The molecule has 1 aliphatic rings. The molecule has 0 amide bonds. The van der Waals surface area contributed by atoms with Gasteiger partial charge < -0.3 is 9.42 Å². The SMILES string of the molecule is CN(CCN1CCN(c2cccc(Cl)c2)CC1)Cc1cc(-c2cccc3ccccc23)no1. The summed E-state index contributed by atoms with van der Waals surface area (Å²) in [7, 11) is 2.14. The summed E-state index contributed by atoms with van der Waals surface area (Å²) in [6.07, 6.45) is 0. The highest BCUT2D eigenvalue weighted by molar-refractivity contribution is 6.30. The molecule has 1 saturated heterocycles. The second-order valence-corrected chi connectivity index (χ2v) is 9.19. The number of rotatable bonds is 7. The van der Waals surface area contributed by atoms with E-state index in [1.54, 1.807) is 0 Å². The summed E-state index contributed by atoms with van der Waals surface area (Å²) < 4.78 is 5.68. The summed E-state index contributed by atoms with van der Waals surface area (Å²) in [5, 5.41) is 7.57. The van der Waals surface area contributed by atoms with Gasteiger partial charge in [0.15, 0.2) is 5.76 Å². The molecule has 0 radical (unpaired) electrons. The number of piperazine rings is 1. The van der Waals surface area contributed by atoms with Crippen LogP contribution in [0.5, 0.6) is 0 Å². The van der Waals surface area contributed by atoms with Crippen LogP contribution in [0.3, 0.4) is 0 Å². The van der Waals surface area contributed by atoms with Crippen LogP contribution in [0.1, 0.15) is 5.76 Å². The minimum absolute atomic E-state index is 0.750. The quantitative estimate of drug-likeness (QED) is 0.369. The smallest absolute Gasteiger partial charge is 0.151 e. The molecule has 0 N–H and O–H groups in total. The normalized spacial score (nSPS) is 14.9. The van der Waals surface area contributed by atoms with Crippen molar-refractivity contribution in [2.45, 2.75) is 6.54 Å². The van der Waals surface area contributed by atoms with E-state index < -0.39 is 0 Å². The molecule has 6 heteroatoms. The molecule has 0 unspecified atom stereocenters. The van der Waals surface area contributed by atoms with Gasteiger partial charge in [0.25, 0.3) is 0 Å². The summed E-state index contributed by atoms with van der Waals surface area (Å²) in [5.74, 6) is 0.895. The second kappa shape index (κ2) is 9.96. The summed E-state index contributed by atoms with van der Waals surface area (Å²) in [6.45, 7) is 6.97. The zero-order chi connectivity index (χ0) is 22.6. The second-order valence-electron chi connectivity index (χ2n) is 8.75. The molecular weight excluding hydrogens is 432 g/mol. The van der Waals surface area contributed by atoms with Gasteiger partial charge in [-0.3, -0.25) is 9.80 Å². The highest BCUT2D eigenvalue weighted by Gasteiger charge is 2.18. The van der Waals surface area contributed by atoms with Gasteiger partial charge in [-0.05, 0) is 36.0 Å². The molecule has 2 heterocycles. The van der Waals surface area contributed by atoms with Gasteiger partial charge in [0.1, 0.15) is 5.69 Å². The lowest BCUT2D eigenvalue weighted by Gasteiger charge is -2.36. The van der Waals surface area contributed by atoms with Crippen LogP contribution in [0.25, 0.3) is 22.0 Å². The van der Waals surface area contributed by atoms with Crippen molar-refractivity contribution in [1.29, 1.82) is 0 Å². The van der Waals surface area contributed by atoms with Crippen molar-refractivity contribution in [2.75, 3.05) is 51.2 Å². The van der Waals surface area contributed by atoms with E-state index in [4.69, 9.17) is 16.1 Å².